The van der Waals surface area contributed by atoms with Crippen LogP contribution in [0.4, 0.5) is 10.1 Å². The topological polar surface area (TPSA) is 96.0 Å². The number of hydrogen-bond acceptors (Lipinski definition) is 5. The Morgan fingerprint density at radius 3 is 2.20 bits per heavy atom. The number of aryl methyl sites for hydroxylation is 1. The molecular formula is C30H36FN3O5S. The predicted octanol–water partition coefficient (Wildman–Crippen LogP) is 4.67. The van der Waals surface area contributed by atoms with Crippen LogP contribution in [-0.2, 0) is 26.2 Å². The summed E-state index contributed by atoms with van der Waals surface area (Å²) in [7, 11) is -2.74. The van der Waals surface area contributed by atoms with Crippen LogP contribution in [0.2, 0.25) is 0 Å². The first-order valence-electron chi connectivity index (χ1n) is 12.8. The number of carbonyl (C=O) groups is 2. The maximum atomic E-state index is 13.9. The van der Waals surface area contributed by atoms with Crippen LogP contribution in [0, 0.1) is 12.7 Å². The number of nitrogens with zero attached hydrogens (tertiary/aromatic N) is 2. The van der Waals surface area contributed by atoms with Crippen molar-refractivity contribution in [3.63, 3.8) is 0 Å². The molecular weight excluding hydrogens is 533 g/mol. The van der Waals surface area contributed by atoms with E-state index in [4.69, 9.17) is 4.74 Å². The minimum atomic E-state index is -4.27. The van der Waals surface area contributed by atoms with Crippen LogP contribution in [-0.4, -0.2) is 50.4 Å². The van der Waals surface area contributed by atoms with Gasteiger partial charge in [0.05, 0.1) is 17.7 Å². The number of carbonyl (C=O) groups excluding carboxylic acids is 2. The molecule has 1 atom stereocenters. The lowest BCUT2D eigenvalue weighted by molar-refractivity contribution is -0.140. The minimum Gasteiger partial charge on any atom is -0.497 e. The molecule has 0 bridgehead atoms. The van der Waals surface area contributed by atoms with Crippen molar-refractivity contribution < 1.29 is 27.1 Å². The lowest BCUT2D eigenvalue weighted by atomic mass is 10.1. The van der Waals surface area contributed by atoms with Gasteiger partial charge >= 0.3 is 0 Å². The number of amides is 2. The normalized spacial score (nSPS) is 12.4. The van der Waals surface area contributed by atoms with Crippen LogP contribution in [0.15, 0.2) is 77.7 Å². The van der Waals surface area contributed by atoms with Crippen LogP contribution in [0.5, 0.6) is 5.75 Å². The quantitative estimate of drug-likeness (QED) is 0.383. The Bertz CT molecular complexity index is 1440. The molecule has 0 aliphatic rings. The summed E-state index contributed by atoms with van der Waals surface area (Å²) in [6, 6.07) is 17.3. The molecule has 0 aromatic heterocycles. The average molecular weight is 570 g/mol. The van der Waals surface area contributed by atoms with E-state index in [0.717, 1.165) is 34.1 Å². The second-order valence-electron chi connectivity index (χ2n) is 10.6. The molecule has 0 saturated carbocycles. The molecule has 214 valence electrons. The van der Waals surface area contributed by atoms with Gasteiger partial charge in [-0.3, -0.25) is 13.9 Å². The molecule has 0 aliphatic carbocycles. The highest BCUT2D eigenvalue weighted by atomic mass is 32.2. The Morgan fingerprint density at radius 1 is 1.00 bits per heavy atom. The second-order valence-corrected chi connectivity index (χ2v) is 12.5. The number of benzene rings is 3. The van der Waals surface area contributed by atoms with Gasteiger partial charge in [0.2, 0.25) is 11.8 Å². The Labute approximate surface area is 235 Å². The lowest BCUT2D eigenvalue weighted by Crippen LogP contribution is -2.54. The van der Waals surface area contributed by atoms with E-state index in [2.05, 4.69) is 5.32 Å². The van der Waals surface area contributed by atoms with E-state index in [0.29, 0.717) is 11.3 Å². The fraction of sp³-hybridized carbons (Fsp3) is 0.333. The summed E-state index contributed by atoms with van der Waals surface area (Å²) in [6.45, 7) is 8.41. The van der Waals surface area contributed by atoms with E-state index in [9.17, 15) is 22.4 Å². The molecule has 2 amide bonds. The molecule has 8 nitrogen and oxygen atoms in total. The maximum Gasteiger partial charge on any atom is 0.264 e. The highest BCUT2D eigenvalue weighted by Crippen LogP contribution is 2.25. The Kier molecular flexibility index (Phi) is 9.57. The zero-order valence-electron chi connectivity index (χ0n) is 23.6. The Morgan fingerprint density at radius 2 is 1.62 bits per heavy atom. The number of rotatable bonds is 10. The second kappa shape index (κ2) is 12.5. The molecule has 40 heavy (non-hydrogen) atoms. The van der Waals surface area contributed by atoms with Gasteiger partial charge < -0.3 is 15.0 Å². The molecule has 1 N–H and O–H groups in total. The van der Waals surface area contributed by atoms with E-state index in [1.807, 2.05) is 27.7 Å². The Hall–Kier alpha value is -3.92. The third-order valence-electron chi connectivity index (χ3n) is 6.16. The van der Waals surface area contributed by atoms with Crippen molar-refractivity contribution in [2.24, 2.45) is 0 Å². The number of halogens is 1. The van der Waals surface area contributed by atoms with Crippen molar-refractivity contribution in [3.05, 3.63) is 89.7 Å². The van der Waals surface area contributed by atoms with Crippen molar-refractivity contribution in [1.29, 1.82) is 0 Å². The summed E-state index contributed by atoms with van der Waals surface area (Å²) >= 11 is 0. The smallest absolute Gasteiger partial charge is 0.264 e. The summed E-state index contributed by atoms with van der Waals surface area (Å²) < 4.78 is 47.4. The highest BCUT2D eigenvalue weighted by Gasteiger charge is 2.33. The third-order valence-corrected chi connectivity index (χ3v) is 7.94. The molecule has 10 heteroatoms. The maximum absolute atomic E-state index is 13.9. The fourth-order valence-electron chi connectivity index (χ4n) is 4.00. The van der Waals surface area contributed by atoms with Crippen LogP contribution in [0.25, 0.3) is 0 Å². The number of nitrogens with one attached hydrogen (secondary N) is 1. The number of ether oxygens (including phenoxy) is 1. The van der Waals surface area contributed by atoms with E-state index < -0.39 is 39.9 Å². The first-order chi connectivity index (χ1) is 18.7. The molecule has 3 aromatic carbocycles. The molecule has 3 aromatic rings. The van der Waals surface area contributed by atoms with Gasteiger partial charge in [-0.1, -0.05) is 29.8 Å². The standard InChI is InChI=1S/C30H36FN3O5S/c1-21-10-14-25(15-11-21)34(40(37,38)27-16-12-24(31)13-17-27)20-28(35)33(22(2)29(36)32-30(3,4)5)19-23-8-7-9-26(18-23)39-6/h7-18,22H,19-20H2,1-6H3,(H,32,36)/t22-/m0/s1. The van der Waals surface area contributed by atoms with Crippen LogP contribution in [0.3, 0.4) is 0 Å². The summed E-state index contributed by atoms with van der Waals surface area (Å²) in [4.78, 5) is 28.3. The summed E-state index contributed by atoms with van der Waals surface area (Å²) in [6.07, 6.45) is 0. The fourth-order valence-corrected chi connectivity index (χ4v) is 5.41. The van der Waals surface area contributed by atoms with Crippen molar-refractivity contribution in [1.82, 2.24) is 10.2 Å². The number of sulfonamides is 1. The number of hydrogen-bond donors (Lipinski definition) is 1. The lowest BCUT2D eigenvalue weighted by Gasteiger charge is -2.33. The van der Waals surface area contributed by atoms with Gasteiger partial charge in [-0.25, -0.2) is 12.8 Å². The first kappa shape index (κ1) is 30.6. The van der Waals surface area contributed by atoms with Gasteiger partial charge in [-0.05, 0) is 88.7 Å². The molecule has 3 rings (SSSR count). The van der Waals surface area contributed by atoms with Crippen molar-refractivity contribution in [2.75, 3.05) is 18.0 Å². The minimum absolute atomic E-state index is 0.0348. The van der Waals surface area contributed by atoms with Crippen LogP contribution < -0.4 is 14.4 Å². The van der Waals surface area contributed by atoms with E-state index >= 15 is 0 Å². The molecule has 0 radical (unpaired) electrons. The third kappa shape index (κ3) is 7.81. The number of anilines is 1. The molecule has 0 saturated heterocycles. The monoisotopic (exact) mass is 569 g/mol. The SMILES string of the molecule is COc1cccc(CN(C(=O)CN(c2ccc(C)cc2)S(=O)(=O)c2ccc(F)cc2)[C@@H](C)C(=O)NC(C)(C)C)c1. The predicted molar refractivity (Wildman–Crippen MR) is 153 cm³/mol. The van der Waals surface area contributed by atoms with Gasteiger partial charge in [0.1, 0.15) is 24.2 Å². The molecule has 0 unspecified atom stereocenters. The summed E-state index contributed by atoms with van der Waals surface area (Å²) in [5.74, 6) is -0.977. The van der Waals surface area contributed by atoms with E-state index in [1.165, 1.54) is 12.0 Å². The van der Waals surface area contributed by atoms with Gasteiger partial charge in [0, 0.05) is 12.1 Å². The van der Waals surface area contributed by atoms with Gasteiger partial charge in [-0.2, -0.15) is 0 Å². The molecule has 0 fully saturated rings. The van der Waals surface area contributed by atoms with Gasteiger partial charge in [-0.15, -0.1) is 0 Å². The van der Waals surface area contributed by atoms with E-state index in [1.54, 1.807) is 55.5 Å². The largest absolute Gasteiger partial charge is 0.497 e. The van der Waals surface area contributed by atoms with Crippen molar-refractivity contribution in [3.8, 4) is 5.75 Å². The highest BCUT2D eigenvalue weighted by molar-refractivity contribution is 7.92. The van der Waals surface area contributed by atoms with Gasteiger partial charge in [0.15, 0.2) is 0 Å². The van der Waals surface area contributed by atoms with E-state index in [-0.39, 0.29) is 23.0 Å². The van der Waals surface area contributed by atoms with Crippen molar-refractivity contribution >= 4 is 27.5 Å². The van der Waals surface area contributed by atoms with Crippen LogP contribution >= 0.6 is 0 Å². The summed E-state index contributed by atoms with van der Waals surface area (Å²) in [5.41, 5.74) is 1.32. The zero-order chi connectivity index (χ0) is 29.7. The number of methoxy groups -OCH3 is 1. The summed E-state index contributed by atoms with van der Waals surface area (Å²) in [5, 5.41) is 2.89. The Balaban J connectivity index is 2.04. The molecule has 0 heterocycles. The molecule has 0 spiro atoms. The van der Waals surface area contributed by atoms with Crippen LogP contribution in [0.1, 0.15) is 38.8 Å². The molecule has 0 aliphatic heterocycles. The average Bonchev–Trinajstić information content (AvgIpc) is 2.89. The van der Waals surface area contributed by atoms with Crippen molar-refractivity contribution in [2.45, 2.75) is 57.6 Å². The first-order valence-corrected chi connectivity index (χ1v) is 14.2. The zero-order valence-corrected chi connectivity index (χ0v) is 24.5. The van der Waals surface area contributed by atoms with Gasteiger partial charge in [0.25, 0.3) is 10.0 Å².